The Morgan fingerprint density at radius 1 is 0.905 bits per heavy atom. The molecule has 3 rings (SSSR count). The van der Waals surface area contributed by atoms with E-state index in [1.54, 1.807) is 0 Å². The Bertz CT molecular complexity index is 759. The molecule has 1 nitrogen and oxygen atoms in total. The molecule has 3 aromatic rings. The first-order chi connectivity index (χ1) is 10.2. The Morgan fingerprint density at radius 2 is 1.71 bits per heavy atom. The first-order valence-electron chi connectivity index (χ1n) is 7.16. The molecular formula is C19H18BrN. The Kier molecular flexibility index (Phi) is 4.37. The summed E-state index contributed by atoms with van der Waals surface area (Å²) in [6.07, 6.45) is 0. The highest BCUT2D eigenvalue weighted by molar-refractivity contribution is 9.10. The normalized spacial score (nSPS) is 11.0. The lowest BCUT2D eigenvalue weighted by Gasteiger charge is -2.09. The number of aryl methyl sites for hydroxylation is 1. The van der Waals surface area contributed by atoms with Crippen molar-refractivity contribution in [1.29, 1.82) is 0 Å². The van der Waals surface area contributed by atoms with Gasteiger partial charge in [0, 0.05) is 17.6 Å². The second-order valence-electron chi connectivity index (χ2n) is 5.33. The smallest absolute Gasteiger partial charge is 0.0214 e. The van der Waals surface area contributed by atoms with Gasteiger partial charge in [-0.25, -0.2) is 0 Å². The van der Waals surface area contributed by atoms with Gasteiger partial charge in [0.2, 0.25) is 0 Å². The highest BCUT2D eigenvalue weighted by Crippen LogP contribution is 2.19. The second-order valence-corrected chi connectivity index (χ2v) is 6.18. The topological polar surface area (TPSA) is 12.0 Å². The largest absolute Gasteiger partial charge is 0.309 e. The fourth-order valence-corrected chi connectivity index (χ4v) is 2.85. The lowest BCUT2D eigenvalue weighted by Crippen LogP contribution is -2.13. The SMILES string of the molecule is Cc1cc(CNCc2cccc3ccccc23)ccc1Br. The van der Waals surface area contributed by atoms with E-state index in [1.807, 2.05) is 0 Å². The summed E-state index contributed by atoms with van der Waals surface area (Å²) in [7, 11) is 0. The molecule has 3 aromatic carbocycles. The van der Waals surface area contributed by atoms with Crippen LogP contribution in [0.1, 0.15) is 16.7 Å². The van der Waals surface area contributed by atoms with Crippen molar-refractivity contribution < 1.29 is 0 Å². The van der Waals surface area contributed by atoms with Gasteiger partial charge in [-0.05, 0) is 40.5 Å². The van der Waals surface area contributed by atoms with E-state index >= 15 is 0 Å². The van der Waals surface area contributed by atoms with E-state index in [1.165, 1.54) is 31.9 Å². The number of hydrogen-bond donors (Lipinski definition) is 1. The van der Waals surface area contributed by atoms with Crippen LogP contribution in [-0.4, -0.2) is 0 Å². The molecular weight excluding hydrogens is 322 g/mol. The van der Waals surface area contributed by atoms with Gasteiger partial charge >= 0.3 is 0 Å². The summed E-state index contributed by atoms with van der Waals surface area (Å²) in [5, 5.41) is 6.18. The van der Waals surface area contributed by atoms with Crippen molar-refractivity contribution in [2.24, 2.45) is 0 Å². The number of hydrogen-bond acceptors (Lipinski definition) is 1. The number of benzene rings is 3. The Hall–Kier alpha value is -1.64. The fraction of sp³-hybridized carbons (Fsp3) is 0.158. The minimum absolute atomic E-state index is 0.885. The van der Waals surface area contributed by atoms with Crippen LogP contribution in [0.5, 0.6) is 0 Å². The van der Waals surface area contributed by atoms with Crippen molar-refractivity contribution >= 4 is 26.7 Å². The first kappa shape index (κ1) is 14.3. The molecule has 0 amide bonds. The maximum atomic E-state index is 3.54. The standard InChI is InChI=1S/C19H18BrN/c1-14-11-15(9-10-19(14)20)12-21-13-17-7-4-6-16-5-2-3-8-18(16)17/h2-11,21H,12-13H2,1H3. The molecule has 0 heterocycles. The average molecular weight is 340 g/mol. The first-order valence-corrected chi connectivity index (χ1v) is 7.96. The number of halogens is 1. The highest BCUT2D eigenvalue weighted by atomic mass is 79.9. The van der Waals surface area contributed by atoms with E-state index in [0.717, 1.165) is 13.1 Å². The fourth-order valence-electron chi connectivity index (χ4n) is 2.60. The van der Waals surface area contributed by atoms with Crippen molar-refractivity contribution in [2.75, 3.05) is 0 Å². The van der Waals surface area contributed by atoms with Crippen LogP contribution in [0.2, 0.25) is 0 Å². The van der Waals surface area contributed by atoms with E-state index in [9.17, 15) is 0 Å². The highest BCUT2D eigenvalue weighted by Gasteiger charge is 2.01. The third-order valence-electron chi connectivity index (χ3n) is 3.75. The lowest BCUT2D eigenvalue weighted by molar-refractivity contribution is 0.696. The van der Waals surface area contributed by atoms with Crippen molar-refractivity contribution in [2.45, 2.75) is 20.0 Å². The van der Waals surface area contributed by atoms with Crippen LogP contribution in [0.15, 0.2) is 65.1 Å². The van der Waals surface area contributed by atoms with Crippen LogP contribution in [0.4, 0.5) is 0 Å². The third kappa shape index (κ3) is 3.34. The molecule has 0 fully saturated rings. The average Bonchev–Trinajstić information content (AvgIpc) is 2.51. The van der Waals surface area contributed by atoms with Gasteiger partial charge in [0.1, 0.15) is 0 Å². The number of nitrogens with one attached hydrogen (secondary N) is 1. The van der Waals surface area contributed by atoms with Crippen LogP contribution >= 0.6 is 15.9 Å². The van der Waals surface area contributed by atoms with Crippen LogP contribution in [-0.2, 0) is 13.1 Å². The Labute approximate surface area is 134 Å². The molecule has 2 heteroatoms. The monoisotopic (exact) mass is 339 g/mol. The molecule has 1 N–H and O–H groups in total. The minimum atomic E-state index is 0.885. The summed E-state index contributed by atoms with van der Waals surface area (Å²) in [6.45, 7) is 3.89. The summed E-state index contributed by atoms with van der Waals surface area (Å²) < 4.78 is 1.17. The van der Waals surface area contributed by atoms with Crippen molar-refractivity contribution in [3.8, 4) is 0 Å². The molecule has 0 spiro atoms. The molecule has 0 aliphatic heterocycles. The van der Waals surface area contributed by atoms with Gasteiger partial charge < -0.3 is 5.32 Å². The molecule has 0 bridgehead atoms. The summed E-state index contributed by atoms with van der Waals surface area (Å²) in [4.78, 5) is 0. The summed E-state index contributed by atoms with van der Waals surface area (Å²) in [6, 6.07) is 21.5. The van der Waals surface area contributed by atoms with E-state index in [2.05, 4.69) is 88.8 Å². The van der Waals surface area contributed by atoms with E-state index in [4.69, 9.17) is 0 Å². The maximum Gasteiger partial charge on any atom is 0.0214 e. The minimum Gasteiger partial charge on any atom is -0.309 e. The van der Waals surface area contributed by atoms with Crippen LogP contribution in [0.3, 0.4) is 0 Å². The van der Waals surface area contributed by atoms with E-state index in [-0.39, 0.29) is 0 Å². The van der Waals surface area contributed by atoms with Gasteiger partial charge in [0.15, 0.2) is 0 Å². The molecule has 0 aromatic heterocycles. The molecule has 0 unspecified atom stereocenters. The Morgan fingerprint density at radius 3 is 2.57 bits per heavy atom. The summed E-state index contributed by atoms with van der Waals surface area (Å²) >= 11 is 3.54. The molecule has 0 radical (unpaired) electrons. The van der Waals surface area contributed by atoms with Gasteiger partial charge in [-0.1, -0.05) is 70.5 Å². The lowest BCUT2D eigenvalue weighted by atomic mass is 10.0. The molecule has 0 aliphatic carbocycles. The second kappa shape index (κ2) is 6.42. The van der Waals surface area contributed by atoms with Crippen LogP contribution < -0.4 is 5.32 Å². The van der Waals surface area contributed by atoms with Crippen molar-refractivity contribution in [1.82, 2.24) is 5.32 Å². The molecule has 0 aliphatic rings. The molecule has 21 heavy (non-hydrogen) atoms. The molecule has 106 valence electrons. The van der Waals surface area contributed by atoms with Gasteiger partial charge in [-0.3, -0.25) is 0 Å². The third-order valence-corrected chi connectivity index (χ3v) is 4.64. The van der Waals surface area contributed by atoms with E-state index in [0.29, 0.717) is 0 Å². The van der Waals surface area contributed by atoms with Crippen LogP contribution in [0.25, 0.3) is 10.8 Å². The summed E-state index contributed by atoms with van der Waals surface area (Å²) in [5.74, 6) is 0. The Balaban J connectivity index is 1.70. The zero-order valence-electron chi connectivity index (χ0n) is 12.1. The van der Waals surface area contributed by atoms with Crippen molar-refractivity contribution in [3.05, 3.63) is 81.8 Å². The maximum absolute atomic E-state index is 3.54. The number of rotatable bonds is 4. The van der Waals surface area contributed by atoms with Gasteiger partial charge in [0.05, 0.1) is 0 Å². The van der Waals surface area contributed by atoms with Gasteiger partial charge in [-0.2, -0.15) is 0 Å². The predicted molar refractivity (Wildman–Crippen MR) is 93.4 cm³/mol. The molecule has 0 atom stereocenters. The molecule has 0 saturated heterocycles. The molecule has 0 saturated carbocycles. The van der Waals surface area contributed by atoms with Crippen LogP contribution in [0, 0.1) is 6.92 Å². The quantitative estimate of drug-likeness (QED) is 0.688. The zero-order valence-corrected chi connectivity index (χ0v) is 13.7. The number of fused-ring (bicyclic) bond motifs is 1. The van der Waals surface area contributed by atoms with Gasteiger partial charge in [0.25, 0.3) is 0 Å². The van der Waals surface area contributed by atoms with E-state index < -0.39 is 0 Å². The van der Waals surface area contributed by atoms with Gasteiger partial charge in [-0.15, -0.1) is 0 Å². The zero-order chi connectivity index (χ0) is 14.7. The van der Waals surface area contributed by atoms with Crippen molar-refractivity contribution in [3.63, 3.8) is 0 Å². The predicted octanol–water partition coefficient (Wildman–Crippen LogP) is 5.20. The summed E-state index contributed by atoms with van der Waals surface area (Å²) in [5.41, 5.74) is 3.94.